The third-order valence-corrected chi connectivity index (χ3v) is 3.25. The number of aromatic nitrogens is 2. The van der Waals surface area contributed by atoms with E-state index in [2.05, 4.69) is 34.8 Å². The van der Waals surface area contributed by atoms with Crippen molar-refractivity contribution >= 4 is 11.0 Å². The molecule has 19 heavy (non-hydrogen) atoms. The highest BCUT2D eigenvalue weighted by atomic mass is 16.3. The normalized spacial score (nSPS) is 13.0. The lowest BCUT2D eigenvalue weighted by molar-refractivity contribution is 0.152. The maximum atomic E-state index is 10.1. The molecule has 0 aliphatic carbocycles. The van der Waals surface area contributed by atoms with E-state index in [1.807, 2.05) is 18.2 Å². The molecule has 0 radical (unpaired) electrons. The van der Waals surface area contributed by atoms with Crippen LogP contribution in [-0.2, 0) is 13.0 Å². The van der Waals surface area contributed by atoms with Crippen LogP contribution in [0.5, 0.6) is 0 Å². The van der Waals surface area contributed by atoms with Crippen LogP contribution in [0.2, 0.25) is 0 Å². The molecular formula is C15H23N3O. The number of fused-ring (bicyclic) bond motifs is 1. The second kappa shape index (κ2) is 6.68. The van der Waals surface area contributed by atoms with E-state index in [9.17, 15) is 5.11 Å². The Hall–Kier alpha value is -1.39. The summed E-state index contributed by atoms with van der Waals surface area (Å²) in [6.45, 7) is 6.39. The van der Waals surface area contributed by atoms with Gasteiger partial charge >= 0.3 is 0 Å². The number of hydrogen-bond acceptors (Lipinski definition) is 3. The lowest BCUT2D eigenvalue weighted by Crippen LogP contribution is -2.31. The van der Waals surface area contributed by atoms with Gasteiger partial charge in [0.2, 0.25) is 0 Å². The van der Waals surface area contributed by atoms with Crippen molar-refractivity contribution in [2.24, 2.45) is 0 Å². The molecule has 2 rings (SSSR count). The van der Waals surface area contributed by atoms with Gasteiger partial charge in [0.05, 0.1) is 23.7 Å². The Balaban J connectivity index is 2.14. The van der Waals surface area contributed by atoms with Crippen molar-refractivity contribution in [2.45, 2.75) is 39.3 Å². The van der Waals surface area contributed by atoms with E-state index in [-0.39, 0.29) is 6.10 Å². The van der Waals surface area contributed by atoms with E-state index in [1.165, 1.54) is 0 Å². The number of para-hydroxylation sites is 2. The van der Waals surface area contributed by atoms with Gasteiger partial charge in [-0.05, 0) is 25.1 Å². The van der Waals surface area contributed by atoms with Crippen molar-refractivity contribution in [1.82, 2.24) is 14.9 Å². The summed E-state index contributed by atoms with van der Waals surface area (Å²) in [7, 11) is 0. The average Bonchev–Trinajstić information content (AvgIpc) is 2.77. The summed E-state index contributed by atoms with van der Waals surface area (Å²) >= 11 is 0. The molecule has 1 atom stereocenters. The summed E-state index contributed by atoms with van der Waals surface area (Å²) < 4.78 is 2.13. The number of benzene rings is 1. The van der Waals surface area contributed by atoms with E-state index < -0.39 is 0 Å². The van der Waals surface area contributed by atoms with Gasteiger partial charge in [-0.15, -0.1) is 0 Å². The number of aryl methyl sites for hydroxylation is 1. The van der Waals surface area contributed by atoms with E-state index >= 15 is 0 Å². The Morgan fingerprint density at radius 3 is 2.84 bits per heavy atom. The standard InChI is InChI=1S/C15H23N3O/c1-3-9-16-10-12(19)11-18-14-8-6-5-7-13(14)17-15(18)4-2/h5-8,12,16,19H,3-4,9-11H2,1-2H3. The van der Waals surface area contributed by atoms with Gasteiger partial charge in [-0.1, -0.05) is 26.0 Å². The Morgan fingerprint density at radius 2 is 2.11 bits per heavy atom. The van der Waals surface area contributed by atoms with Gasteiger partial charge in [-0.3, -0.25) is 0 Å². The zero-order valence-electron chi connectivity index (χ0n) is 11.8. The molecule has 2 N–H and O–H groups in total. The first-order valence-electron chi connectivity index (χ1n) is 7.09. The second-order valence-electron chi connectivity index (χ2n) is 4.84. The van der Waals surface area contributed by atoms with Gasteiger partial charge in [-0.25, -0.2) is 4.98 Å². The summed E-state index contributed by atoms with van der Waals surface area (Å²) in [5.41, 5.74) is 2.11. The van der Waals surface area contributed by atoms with Crippen molar-refractivity contribution in [3.05, 3.63) is 30.1 Å². The van der Waals surface area contributed by atoms with Crippen molar-refractivity contribution < 1.29 is 5.11 Å². The SMILES string of the molecule is CCCNCC(O)Cn1c(CC)nc2ccccc21. The molecule has 104 valence electrons. The first-order chi connectivity index (χ1) is 9.26. The van der Waals surface area contributed by atoms with Crippen LogP contribution in [0.1, 0.15) is 26.1 Å². The molecule has 0 amide bonds. The number of aliphatic hydroxyl groups excluding tert-OH is 1. The molecule has 0 saturated carbocycles. The van der Waals surface area contributed by atoms with Gasteiger partial charge in [-0.2, -0.15) is 0 Å². The minimum Gasteiger partial charge on any atom is -0.390 e. The quantitative estimate of drug-likeness (QED) is 0.749. The summed E-state index contributed by atoms with van der Waals surface area (Å²) in [4.78, 5) is 4.61. The first-order valence-corrected chi connectivity index (χ1v) is 7.09. The van der Waals surface area contributed by atoms with Crippen molar-refractivity contribution in [3.63, 3.8) is 0 Å². The summed E-state index contributed by atoms with van der Waals surface area (Å²) in [6.07, 6.45) is 1.58. The lowest BCUT2D eigenvalue weighted by atomic mass is 10.3. The third-order valence-electron chi connectivity index (χ3n) is 3.25. The number of rotatable bonds is 7. The van der Waals surface area contributed by atoms with Crippen LogP contribution in [0.25, 0.3) is 11.0 Å². The highest BCUT2D eigenvalue weighted by Crippen LogP contribution is 2.16. The Kier molecular flexibility index (Phi) is 4.93. The Labute approximate surface area is 114 Å². The number of nitrogens with one attached hydrogen (secondary N) is 1. The molecule has 0 fully saturated rings. The van der Waals surface area contributed by atoms with Crippen LogP contribution >= 0.6 is 0 Å². The largest absolute Gasteiger partial charge is 0.390 e. The van der Waals surface area contributed by atoms with Crippen LogP contribution in [0.3, 0.4) is 0 Å². The molecule has 1 aromatic carbocycles. The minimum atomic E-state index is -0.380. The van der Waals surface area contributed by atoms with Gasteiger partial charge in [0.15, 0.2) is 0 Å². The fourth-order valence-electron chi connectivity index (χ4n) is 2.32. The topological polar surface area (TPSA) is 50.1 Å². The number of imidazole rings is 1. The molecule has 0 spiro atoms. The molecule has 4 heteroatoms. The van der Waals surface area contributed by atoms with Crippen LogP contribution < -0.4 is 5.32 Å². The zero-order valence-corrected chi connectivity index (χ0v) is 11.8. The predicted molar refractivity (Wildman–Crippen MR) is 78.3 cm³/mol. The molecular weight excluding hydrogens is 238 g/mol. The molecule has 0 saturated heterocycles. The highest BCUT2D eigenvalue weighted by Gasteiger charge is 2.12. The summed E-state index contributed by atoms with van der Waals surface area (Å²) in [5, 5.41) is 13.4. The summed E-state index contributed by atoms with van der Waals surface area (Å²) in [6, 6.07) is 8.10. The third kappa shape index (κ3) is 3.33. The van der Waals surface area contributed by atoms with E-state index in [0.717, 1.165) is 36.2 Å². The average molecular weight is 261 g/mol. The molecule has 4 nitrogen and oxygen atoms in total. The number of hydrogen-bond donors (Lipinski definition) is 2. The Bertz CT molecular complexity index is 521. The molecule has 1 heterocycles. The van der Waals surface area contributed by atoms with Gasteiger partial charge < -0.3 is 15.0 Å². The molecule has 2 aromatic rings. The maximum Gasteiger partial charge on any atom is 0.109 e. The fraction of sp³-hybridized carbons (Fsp3) is 0.533. The van der Waals surface area contributed by atoms with Crippen LogP contribution in [0, 0.1) is 0 Å². The van der Waals surface area contributed by atoms with Gasteiger partial charge in [0.1, 0.15) is 5.82 Å². The highest BCUT2D eigenvalue weighted by molar-refractivity contribution is 5.75. The fourth-order valence-corrected chi connectivity index (χ4v) is 2.32. The predicted octanol–water partition coefficient (Wildman–Crippen LogP) is 1.96. The molecule has 0 aliphatic heterocycles. The van der Waals surface area contributed by atoms with Gasteiger partial charge in [0.25, 0.3) is 0 Å². The van der Waals surface area contributed by atoms with E-state index in [0.29, 0.717) is 13.1 Å². The zero-order chi connectivity index (χ0) is 13.7. The first kappa shape index (κ1) is 14.0. The molecule has 0 aliphatic rings. The smallest absolute Gasteiger partial charge is 0.109 e. The number of nitrogens with zero attached hydrogens (tertiary/aromatic N) is 2. The Morgan fingerprint density at radius 1 is 1.32 bits per heavy atom. The second-order valence-corrected chi connectivity index (χ2v) is 4.84. The lowest BCUT2D eigenvalue weighted by Gasteiger charge is -2.14. The van der Waals surface area contributed by atoms with Crippen molar-refractivity contribution in [3.8, 4) is 0 Å². The van der Waals surface area contributed by atoms with Crippen molar-refractivity contribution in [2.75, 3.05) is 13.1 Å². The maximum absolute atomic E-state index is 10.1. The van der Waals surface area contributed by atoms with Crippen LogP contribution in [-0.4, -0.2) is 33.9 Å². The van der Waals surface area contributed by atoms with Gasteiger partial charge in [0, 0.05) is 13.0 Å². The van der Waals surface area contributed by atoms with Crippen LogP contribution in [0.4, 0.5) is 0 Å². The number of aliphatic hydroxyl groups is 1. The van der Waals surface area contributed by atoms with E-state index in [1.54, 1.807) is 0 Å². The molecule has 0 bridgehead atoms. The monoisotopic (exact) mass is 261 g/mol. The minimum absolute atomic E-state index is 0.380. The molecule has 1 unspecified atom stereocenters. The van der Waals surface area contributed by atoms with E-state index in [4.69, 9.17) is 0 Å². The summed E-state index contributed by atoms with van der Waals surface area (Å²) in [5.74, 6) is 1.04. The molecule has 1 aromatic heterocycles. The van der Waals surface area contributed by atoms with Crippen LogP contribution in [0.15, 0.2) is 24.3 Å². The van der Waals surface area contributed by atoms with Crippen molar-refractivity contribution in [1.29, 1.82) is 0 Å².